The Hall–Kier alpha value is -1.15. The first-order valence-corrected chi connectivity index (χ1v) is 9.13. The molecule has 4 aliphatic rings. The van der Waals surface area contributed by atoms with Crippen molar-refractivity contribution in [3.05, 3.63) is 35.5 Å². The third kappa shape index (κ3) is 1.88. The molecule has 124 valence electrons. The average molecular weight is 312 g/mol. The molecule has 0 heterocycles. The second-order valence-electron chi connectivity index (χ2n) is 8.60. The van der Waals surface area contributed by atoms with Crippen LogP contribution < -0.4 is 0 Å². The molecule has 0 aromatic carbocycles. The standard InChI is InChI=1S/C21H28O2/c1-13(22)16-9-10-17-15-8-7-14-6-4-5-11-20(14,2)18(15)12-19(23)21(16,17)3/h4-5,8-9,14,17-19,23H,6-7,10-12H2,1-3H3. The first-order valence-electron chi connectivity index (χ1n) is 9.13. The number of rotatable bonds is 1. The van der Waals surface area contributed by atoms with Gasteiger partial charge in [-0.15, -0.1) is 0 Å². The van der Waals surface area contributed by atoms with E-state index in [-0.39, 0.29) is 16.6 Å². The van der Waals surface area contributed by atoms with E-state index in [1.54, 1.807) is 12.5 Å². The third-order valence-corrected chi connectivity index (χ3v) is 7.71. The number of carbonyl (C=O) groups excluding carboxylic acids is 1. The molecule has 0 spiro atoms. The van der Waals surface area contributed by atoms with Crippen molar-refractivity contribution in [2.45, 2.75) is 59.0 Å². The summed E-state index contributed by atoms with van der Waals surface area (Å²) in [6.45, 7) is 6.20. The zero-order chi connectivity index (χ0) is 16.4. The lowest BCUT2D eigenvalue weighted by molar-refractivity contribution is -0.117. The van der Waals surface area contributed by atoms with Crippen LogP contribution in [0.25, 0.3) is 0 Å². The number of aliphatic hydroxyl groups is 1. The van der Waals surface area contributed by atoms with E-state index < -0.39 is 6.10 Å². The average Bonchev–Trinajstić information content (AvgIpc) is 2.87. The van der Waals surface area contributed by atoms with Crippen molar-refractivity contribution in [1.82, 2.24) is 0 Å². The van der Waals surface area contributed by atoms with Gasteiger partial charge in [-0.25, -0.2) is 0 Å². The number of carbonyl (C=O) groups is 1. The largest absolute Gasteiger partial charge is 0.392 e. The van der Waals surface area contributed by atoms with E-state index in [0.717, 1.165) is 31.3 Å². The number of ketones is 1. The maximum Gasteiger partial charge on any atom is 0.156 e. The van der Waals surface area contributed by atoms with E-state index in [4.69, 9.17) is 0 Å². The quantitative estimate of drug-likeness (QED) is 0.736. The highest BCUT2D eigenvalue weighted by Crippen LogP contribution is 2.64. The number of hydrogen-bond acceptors (Lipinski definition) is 2. The molecule has 4 aliphatic carbocycles. The number of hydrogen-bond donors (Lipinski definition) is 1. The molecule has 2 heteroatoms. The summed E-state index contributed by atoms with van der Waals surface area (Å²) in [6.07, 6.45) is 14.0. The number of allylic oxidation sites excluding steroid dienone is 5. The molecule has 2 nitrogen and oxygen atoms in total. The minimum absolute atomic E-state index is 0.133. The smallest absolute Gasteiger partial charge is 0.156 e. The number of Topliss-reactive ketones (excluding diaryl/α,β-unsaturated/α-hetero) is 1. The van der Waals surface area contributed by atoms with Crippen molar-refractivity contribution in [3.63, 3.8) is 0 Å². The lowest BCUT2D eigenvalue weighted by atomic mass is 9.48. The van der Waals surface area contributed by atoms with E-state index >= 15 is 0 Å². The molecule has 0 aromatic rings. The summed E-state index contributed by atoms with van der Waals surface area (Å²) >= 11 is 0. The van der Waals surface area contributed by atoms with Gasteiger partial charge in [-0.1, -0.05) is 43.7 Å². The zero-order valence-electron chi connectivity index (χ0n) is 14.5. The summed E-state index contributed by atoms with van der Waals surface area (Å²) in [5.74, 6) is 1.63. The molecule has 0 bridgehead atoms. The van der Waals surface area contributed by atoms with Gasteiger partial charge in [-0.3, -0.25) is 4.79 Å². The third-order valence-electron chi connectivity index (χ3n) is 7.71. The van der Waals surface area contributed by atoms with Crippen molar-refractivity contribution >= 4 is 5.78 Å². The van der Waals surface area contributed by atoms with Crippen LogP contribution in [0.2, 0.25) is 0 Å². The van der Waals surface area contributed by atoms with Crippen LogP contribution in [0.4, 0.5) is 0 Å². The Morgan fingerprint density at radius 2 is 1.91 bits per heavy atom. The first-order chi connectivity index (χ1) is 10.9. The Balaban J connectivity index is 1.76. The molecule has 0 amide bonds. The lowest BCUT2D eigenvalue weighted by Gasteiger charge is -2.57. The Bertz CT molecular complexity index is 640. The van der Waals surface area contributed by atoms with Crippen LogP contribution in [0.1, 0.15) is 52.9 Å². The van der Waals surface area contributed by atoms with Crippen molar-refractivity contribution < 1.29 is 9.90 Å². The summed E-state index contributed by atoms with van der Waals surface area (Å²) in [5, 5.41) is 11.1. The monoisotopic (exact) mass is 312 g/mol. The van der Waals surface area contributed by atoms with Gasteiger partial charge in [-0.2, -0.15) is 0 Å². The lowest BCUT2D eigenvalue weighted by Crippen LogP contribution is -2.53. The Morgan fingerprint density at radius 1 is 1.13 bits per heavy atom. The minimum Gasteiger partial charge on any atom is -0.392 e. The van der Waals surface area contributed by atoms with Crippen LogP contribution in [0.15, 0.2) is 35.5 Å². The highest BCUT2D eigenvalue weighted by Gasteiger charge is 2.58. The molecule has 23 heavy (non-hydrogen) atoms. The van der Waals surface area contributed by atoms with Gasteiger partial charge in [0, 0.05) is 5.41 Å². The van der Waals surface area contributed by atoms with Gasteiger partial charge >= 0.3 is 0 Å². The van der Waals surface area contributed by atoms with E-state index in [1.165, 1.54) is 6.42 Å². The highest BCUT2D eigenvalue weighted by atomic mass is 16.3. The molecule has 1 N–H and O–H groups in total. The molecule has 6 atom stereocenters. The topological polar surface area (TPSA) is 37.3 Å². The number of aliphatic hydroxyl groups excluding tert-OH is 1. The molecular weight excluding hydrogens is 284 g/mol. The fraction of sp³-hybridized carbons (Fsp3) is 0.667. The van der Waals surface area contributed by atoms with Crippen LogP contribution in [0.5, 0.6) is 0 Å². The summed E-state index contributed by atoms with van der Waals surface area (Å²) in [7, 11) is 0. The van der Waals surface area contributed by atoms with Gasteiger partial charge in [0.1, 0.15) is 0 Å². The molecule has 6 unspecified atom stereocenters. The van der Waals surface area contributed by atoms with Crippen LogP contribution in [-0.4, -0.2) is 17.0 Å². The van der Waals surface area contributed by atoms with Gasteiger partial charge in [0.05, 0.1) is 6.10 Å². The van der Waals surface area contributed by atoms with Gasteiger partial charge in [0.15, 0.2) is 5.78 Å². The van der Waals surface area contributed by atoms with Crippen molar-refractivity contribution in [2.24, 2.45) is 28.6 Å². The zero-order valence-corrected chi connectivity index (χ0v) is 14.5. The fourth-order valence-corrected chi connectivity index (χ4v) is 6.19. The summed E-state index contributed by atoms with van der Waals surface area (Å²) in [5.41, 5.74) is 2.31. The Kier molecular flexibility index (Phi) is 3.29. The SMILES string of the molecule is CC(=O)C1=CCC2C3=CCC4CC=CCC4(C)C3CC(O)C12C. The first kappa shape index (κ1) is 15.4. The van der Waals surface area contributed by atoms with E-state index in [1.807, 2.05) is 0 Å². The maximum absolute atomic E-state index is 12.1. The molecule has 0 radical (unpaired) electrons. The molecule has 4 rings (SSSR count). The molecule has 0 aliphatic heterocycles. The van der Waals surface area contributed by atoms with Crippen LogP contribution in [0.3, 0.4) is 0 Å². The fourth-order valence-electron chi connectivity index (χ4n) is 6.19. The normalized spacial score (nSPS) is 48.0. The maximum atomic E-state index is 12.1. The summed E-state index contributed by atoms with van der Waals surface area (Å²) in [4.78, 5) is 12.1. The van der Waals surface area contributed by atoms with E-state index in [2.05, 4.69) is 38.2 Å². The predicted molar refractivity (Wildman–Crippen MR) is 91.8 cm³/mol. The van der Waals surface area contributed by atoms with Crippen LogP contribution >= 0.6 is 0 Å². The molecule has 1 saturated carbocycles. The van der Waals surface area contributed by atoms with Crippen molar-refractivity contribution in [3.8, 4) is 0 Å². The second kappa shape index (κ2) is 4.92. The highest BCUT2D eigenvalue weighted by molar-refractivity contribution is 5.95. The number of fused-ring (bicyclic) bond motifs is 5. The summed E-state index contributed by atoms with van der Waals surface area (Å²) in [6, 6.07) is 0. The predicted octanol–water partition coefficient (Wildman–Crippen LogP) is 4.21. The molecule has 1 fully saturated rings. The minimum atomic E-state index is -0.409. The molecular formula is C21H28O2. The Labute approximate surface area is 139 Å². The molecule has 0 saturated heterocycles. The van der Waals surface area contributed by atoms with Gasteiger partial charge in [0.2, 0.25) is 0 Å². The van der Waals surface area contributed by atoms with Gasteiger partial charge < -0.3 is 5.11 Å². The molecule has 0 aromatic heterocycles. The second-order valence-corrected chi connectivity index (χ2v) is 8.60. The summed E-state index contributed by atoms with van der Waals surface area (Å²) < 4.78 is 0. The van der Waals surface area contributed by atoms with E-state index in [0.29, 0.717) is 17.8 Å². The Morgan fingerprint density at radius 3 is 2.65 bits per heavy atom. The van der Waals surface area contributed by atoms with Gasteiger partial charge in [-0.05, 0) is 67.8 Å². The van der Waals surface area contributed by atoms with Crippen molar-refractivity contribution in [1.29, 1.82) is 0 Å². The van der Waals surface area contributed by atoms with E-state index in [9.17, 15) is 9.90 Å². The van der Waals surface area contributed by atoms with Crippen molar-refractivity contribution in [2.75, 3.05) is 0 Å². The van der Waals surface area contributed by atoms with Gasteiger partial charge in [0.25, 0.3) is 0 Å². The van der Waals surface area contributed by atoms with Crippen LogP contribution in [-0.2, 0) is 4.79 Å². The van der Waals surface area contributed by atoms with Crippen LogP contribution in [0, 0.1) is 28.6 Å².